The third-order valence-electron chi connectivity index (χ3n) is 4.56. The first-order chi connectivity index (χ1) is 15.4. The molecule has 1 heterocycles. The van der Waals surface area contributed by atoms with Gasteiger partial charge >= 0.3 is 0 Å². The number of aliphatic imine (C=N–C) groups is 1. The number of halogens is 3. The van der Waals surface area contributed by atoms with Crippen LogP contribution in [0.5, 0.6) is 5.75 Å². The maximum atomic E-state index is 13.8. The van der Waals surface area contributed by atoms with Gasteiger partial charge < -0.3 is 10.1 Å². The first-order valence-electron chi connectivity index (χ1n) is 9.60. The van der Waals surface area contributed by atoms with E-state index in [4.69, 9.17) is 16.3 Å². The lowest BCUT2D eigenvalue weighted by atomic mass is 10.2. The Morgan fingerprint density at radius 3 is 2.66 bits per heavy atom. The molecule has 0 unspecified atom stereocenters. The summed E-state index contributed by atoms with van der Waals surface area (Å²) in [6.07, 6.45) is 1.73. The van der Waals surface area contributed by atoms with Gasteiger partial charge in [-0.2, -0.15) is 0 Å². The highest BCUT2D eigenvalue weighted by Crippen LogP contribution is 2.37. The van der Waals surface area contributed by atoms with Crippen molar-refractivity contribution >= 4 is 62.1 Å². The number of carbonyl (C=O) groups is 1. The SMILES string of the molecule is Cc1ccc(N=C2NC(=O)/C(=C\c3cc(Cl)c(OCc4ccccc4F)c(Br)c3)S2)cc1. The van der Waals surface area contributed by atoms with Gasteiger partial charge in [0.1, 0.15) is 12.4 Å². The van der Waals surface area contributed by atoms with Gasteiger partial charge in [0.25, 0.3) is 5.91 Å². The summed E-state index contributed by atoms with van der Waals surface area (Å²) in [6.45, 7) is 2.05. The van der Waals surface area contributed by atoms with E-state index in [1.165, 1.54) is 17.8 Å². The lowest BCUT2D eigenvalue weighted by molar-refractivity contribution is -0.115. The van der Waals surface area contributed by atoms with Crippen LogP contribution in [-0.4, -0.2) is 11.1 Å². The predicted molar refractivity (Wildman–Crippen MR) is 132 cm³/mol. The van der Waals surface area contributed by atoms with E-state index in [0.29, 0.717) is 36.4 Å². The fraction of sp³-hybridized carbons (Fsp3) is 0.0833. The molecule has 4 rings (SSSR count). The van der Waals surface area contributed by atoms with Gasteiger partial charge in [0.2, 0.25) is 0 Å². The van der Waals surface area contributed by atoms with Gasteiger partial charge in [0.05, 0.1) is 20.1 Å². The van der Waals surface area contributed by atoms with Gasteiger partial charge in [-0.1, -0.05) is 47.5 Å². The third-order valence-corrected chi connectivity index (χ3v) is 6.34. The Balaban J connectivity index is 1.51. The Labute approximate surface area is 202 Å². The van der Waals surface area contributed by atoms with E-state index in [0.717, 1.165) is 11.3 Å². The molecule has 0 radical (unpaired) electrons. The summed E-state index contributed by atoms with van der Waals surface area (Å²) >= 11 is 11.1. The molecule has 32 heavy (non-hydrogen) atoms. The van der Waals surface area contributed by atoms with E-state index in [-0.39, 0.29) is 18.3 Å². The predicted octanol–water partition coefficient (Wildman–Crippen LogP) is 7.02. The molecular weight excluding hydrogens is 515 g/mol. The fourth-order valence-electron chi connectivity index (χ4n) is 2.93. The molecule has 0 atom stereocenters. The van der Waals surface area contributed by atoms with E-state index >= 15 is 0 Å². The Morgan fingerprint density at radius 2 is 1.94 bits per heavy atom. The average Bonchev–Trinajstić information content (AvgIpc) is 3.09. The number of aryl methyl sites for hydroxylation is 1. The number of benzene rings is 3. The second-order valence-electron chi connectivity index (χ2n) is 7.01. The van der Waals surface area contributed by atoms with E-state index < -0.39 is 0 Å². The monoisotopic (exact) mass is 530 g/mol. The van der Waals surface area contributed by atoms with Crippen LogP contribution in [0.4, 0.5) is 10.1 Å². The largest absolute Gasteiger partial charge is 0.486 e. The van der Waals surface area contributed by atoms with Gasteiger partial charge in [-0.25, -0.2) is 9.38 Å². The highest BCUT2D eigenvalue weighted by Gasteiger charge is 2.24. The standard InChI is InChI=1S/C24H17BrClFN2O2S/c1-14-6-8-17(9-7-14)28-24-29-23(30)21(32-24)12-15-10-18(25)22(19(26)11-15)31-13-16-4-2-3-5-20(16)27/h2-12H,13H2,1H3,(H,28,29,30)/b21-12+. The van der Waals surface area contributed by atoms with Crippen LogP contribution in [0.1, 0.15) is 16.7 Å². The lowest BCUT2D eigenvalue weighted by Gasteiger charge is -2.12. The molecule has 8 heteroatoms. The summed E-state index contributed by atoms with van der Waals surface area (Å²) < 4.78 is 20.2. The summed E-state index contributed by atoms with van der Waals surface area (Å²) in [7, 11) is 0. The van der Waals surface area contributed by atoms with Gasteiger partial charge in [-0.3, -0.25) is 4.79 Å². The molecule has 0 aromatic heterocycles. The van der Waals surface area contributed by atoms with Crippen LogP contribution in [0.15, 0.2) is 75.0 Å². The molecule has 1 aliphatic rings. The number of nitrogens with one attached hydrogen (secondary N) is 1. The van der Waals surface area contributed by atoms with Crippen molar-refractivity contribution in [2.45, 2.75) is 13.5 Å². The van der Waals surface area contributed by atoms with Crippen molar-refractivity contribution in [3.63, 3.8) is 0 Å². The third kappa shape index (κ3) is 5.41. The quantitative estimate of drug-likeness (QED) is 0.360. The Morgan fingerprint density at radius 1 is 1.19 bits per heavy atom. The Hall–Kier alpha value is -2.61. The molecule has 4 nitrogen and oxygen atoms in total. The lowest BCUT2D eigenvalue weighted by Crippen LogP contribution is -2.19. The molecule has 1 N–H and O–H groups in total. The number of ether oxygens (including phenoxy) is 1. The summed E-state index contributed by atoms with van der Waals surface area (Å²) in [4.78, 5) is 17.3. The fourth-order valence-corrected chi connectivity index (χ4v) is 4.77. The first kappa shape index (κ1) is 22.6. The number of amides is 1. The number of hydrogen-bond donors (Lipinski definition) is 1. The molecule has 162 valence electrons. The summed E-state index contributed by atoms with van der Waals surface area (Å²) in [5, 5.41) is 3.63. The van der Waals surface area contributed by atoms with Crippen LogP contribution in [0.2, 0.25) is 5.02 Å². The van der Waals surface area contributed by atoms with E-state index in [2.05, 4.69) is 26.2 Å². The van der Waals surface area contributed by atoms with Gasteiger partial charge in [-0.05, 0) is 76.6 Å². The van der Waals surface area contributed by atoms with E-state index in [1.807, 2.05) is 31.2 Å². The summed E-state index contributed by atoms with van der Waals surface area (Å²) in [5.74, 6) is -0.163. The molecule has 0 aliphatic carbocycles. The molecule has 3 aromatic carbocycles. The minimum atomic E-state index is -0.339. The van der Waals surface area contributed by atoms with Crippen molar-refractivity contribution < 1.29 is 13.9 Å². The smallest absolute Gasteiger partial charge is 0.264 e. The van der Waals surface area contributed by atoms with Gasteiger partial charge in [-0.15, -0.1) is 0 Å². The zero-order chi connectivity index (χ0) is 22.7. The first-order valence-corrected chi connectivity index (χ1v) is 11.6. The Kier molecular flexibility index (Phi) is 6.98. The van der Waals surface area contributed by atoms with Crippen molar-refractivity contribution in [2.75, 3.05) is 0 Å². The van der Waals surface area contributed by atoms with Crippen LogP contribution in [0.3, 0.4) is 0 Å². The zero-order valence-corrected chi connectivity index (χ0v) is 20.0. The van der Waals surface area contributed by atoms with Crippen molar-refractivity contribution in [1.29, 1.82) is 0 Å². The number of thioether (sulfide) groups is 1. The minimum absolute atomic E-state index is 0.0442. The zero-order valence-electron chi connectivity index (χ0n) is 16.9. The average molecular weight is 532 g/mol. The molecule has 1 aliphatic heterocycles. The Bertz CT molecular complexity index is 1220. The molecule has 1 fully saturated rings. The van der Waals surface area contributed by atoms with Crippen LogP contribution < -0.4 is 10.1 Å². The molecule has 1 saturated heterocycles. The number of carbonyl (C=O) groups excluding carboxylic acids is 1. The van der Waals surface area contributed by atoms with Crippen LogP contribution in [0.25, 0.3) is 6.08 Å². The van der Waals surface area contributed by atoms with Crippen molar-refractivity contribution in [1.82, 2.24) is 5.32 Å². The van der Waals surface area contributed by atoms with Crippen LogP contribution in [-0.2, 0) is 11.4 Å². The maximum Gasteiger partial charge on any atom is 0.264 e. The molecule has 0 spiro atoms. The molecular formula is C24H17BrClFN2O2S. The number of amidine groups is 1. The van der Waals surface area contributed by atoms with Crippen molar-refractivity contribution in [2.24, 2.45) is 4.99 Å². The van der Waals surface area contributed by atoms with Crippen molar-refractivity contribution in [3.05, 3.63) is 97.6 Å². The second kappa shape index (κ2) is 9.90. The molecule has 0 bridgehead atoms. The highest BCUT2D eigenvalue weighted by molar-refractivity contribution is 9.10. The summed E-state index contributed by atoms with van der Waals surface area (Å²) in [6, 6.07) is 17.6. The normalized spacial score (nSPS) is 15.9. The van der Waals surface area contributed by atoms with Gasteiger partial charge in [0.15, 0.2) is 10.9 Å². The van der Waals surface area contributed by atoms with E-state index in [1.54, 1.807) is 36.4 Å². The van der Waals surface area contributed by atoms with E-state index in [9.17, 15) is 9.18 Å². The molecule has 0 saturated carbocycles. The highest BCUT2D eigenvalue weighted by atomic mass is 79.9. The molecule has 1 amide bonds. The second-order valence-corrected chi connectivity index (χ2v) is 9.30. The van der Waals surface area contributed by atoms with Crippen LogP contribution in [0, 0.1) is 12.7 Å². The minimum Gasteiger partial charge on any atom is -0.486 e. The summed E-state index contributed by atoms with van der Waals surface area (Å²) in [5.41, 5.74) is 3.05. The maximum absolute atomic E-state index is 13.8. The topological polar surface area (TPSA) is 50.7 Å². The molecule has 3 aromatic rings. The number of rotatable bonds is 5. The van der Waals surface area contributed by atoms with Crippen LogP contribution >= 0.6 is 39.3 Å². The van der Waals surface area contributed by atoms with Crippen molar-refractivity contribution in [3.8, 4) is 5.75 Å². The number of nitrogens with zero attached hydrogens (tertiary/aromatic N) is 1. The number of hydrogen-bond acceptors (Lipinski definition) is 4. The van der Waals surface area contributed by atoms with Gasteiger partial charge in [0, 0.05) is 5.56 Å².